The second kappa shape index (κ2) is 11.7. The second-order valence-electron chi connectivity index (χ2n) is 9.54. The van der Waals surface area contributed by atoms with Crippen LogP contribution in [0.25, 0.3) is 22.1 Å². The van der Waals surface area contributed by atoms with Crippen molar-refractivity contribution >= 4 is 34.3 Å². The van der Waals surface area contributed by atoms with Gasteiger partial charge in [-0.05, 0) is 36.8 Å². The summed E-state index contributed by atoms with van der Waals surface area (Å²) in [5, 5.41) is 9.69. The van der Waals surface area contributed by atoms with E-state index in [0.29, 0.717) is 53.0 Å². The number of carbonyl (C=O) groups is 1. The van der Waals surface area contributed by atoms with Gasteiger partial charge in [-0.15, -0.1) is 0 Å². The molecule has 0 aliphatic carbocycles. The molecule has 2 aromatic heterocycles. The number of hydrogen-bond donors (Lipinski definition) is 2. The molecule has 1 aliphatic rings. The first-order valence-corrected chi connectivity index (χ1v) is 13.3. The predicted octanol–water partition coefficient (Wildman–Crippen LogP) is 4.77. The van der Waals surface area contributed by atoms with E-state index < -0.39 is 11.9 Å². The number of fused-ring (bicyclic) bond motifs is 1. The summed E-state index contributed by atoms with van der Waals surface area (Å²) >= 11 is 6.25. The largest absolute Gasteiger partial charge is 0.496 e. The van der Waals surface area contributed by atoms with Gasteiger partial charge in [0, 0.05) is 50.0 Å². The average Bonchev–Trinajstić information content (AvgIpc) is 3.40. The summed E-state index contributed by atoms with van der Waals surface area (Å²) in [6.07, 6.45) is 2.40. The molecule has 2 aromatic carbocycles. The lowest BCUT2D eigenvalue weighted by atomic mass is 10.0. The lowest BCUT2D eigenvalue weighted by Gasteiger charge is -2.34. The van der Waals surface area contributed by atoms with Crippen molar-refractivity contribution in [1.82, 2.24) is 14.8 Å². The number of piperazine rings is 1. The number of anilines is 1. The third kappa shape index (κ3) is 5.30. The lowest BCUT2D eigenvalue weighted by molar-refractivity contribution is 0.0615. The summed E-state index contributed by atoms with van der Waals surface area (Å²) < 4.78 is 31.7. The minimum absolute atomic E-state index is 0.0561. The molecule has 4 aromatic rings. The Morgan fingerprint density at radius 2 is 2.02 bits per heavy atom. The normalized spacial score (nSPS) is 14.9. The Morgan fingerprint density at radius 3 is 2.75 bits per heavy atom. The number of furan rings is 1. The predicted molar refractivity (Wildman–Crippen MR) is 150 cm³/mol. The van der Waals surface area contributed by atoms with E-state index in [1.165, 1.54) is 19.2 Å². The molecule has 0 saturated carbocycles. The van der Waals surface area contributed by atoms with Crippen LogP contribution < -0.4 is 15.2 Å². The van der Waals surface area contributed by atoms with Crippen molar-refractivity contribution in [3.05, 3.63) is 70.8 Å². The number of rotatable bonds is 8. The first kappa shape index (κ1) is 27.7. The van der Waals surface area contributed by atoms with Crippen molar-refractivity contribution < 1.29 is 28.2 Å². The maximum Gasteiger partial charge on any atom is 0.253 e. The van der Waals surface area contributed by atoms with Crippen molar-refractivity contribution in [1.29, 1.82) is 0 Å². The van der Waals surface area contributed by atoms with Crippen LogP contribution in [0.5, 0.6) is 11.5 Å². The smallest absolute Gasteiger partial charge is 0.253 e. The first-order valence-electron chi connectivity index (χ1n) is 12.9. The number of benzene rings is 2. The van der Waals surface area contributed by atoms with Crippen LogP contribution >= 0.6 is 11.6 Å². The van der Waals surface area contributed by atoms with Crippen LogP contribution in [0.4, 0.5) is 10.2 Å². The zero-order valence-electron chi connectivity index (χ0n) is 22.2. The Labute approximate surface area is 235 Å². The standard InChI is InChI=1S/C29H30ClFN4O5/c1-17(24-23(38-2)7-6-22(31)25(24)30)40-27-26-20(15-33-28(27)32)21(16-39-26)18-4-3-5-19(14-18)29(37)35-10-8-34(9-11-35)12-13-36/h3-7,14-17,36H,8-13H2,1-2H3,(H2,32,33)/t17-/m1/s1. The average molecular weight is 569 g/mol. The highest BCUT2D eigenvalue weighted by Crippen LogP contribution is 2.42. The highest BCUT2D eigenvalue weighted by atomic mass is 35.5. The molecule has 0 bridgehead atoms. The number of ether oxygens (including phenoxy) is 2. The van der Waals surface area contributed by atoms with Gasteiger partial charge in [-0.2, -0.15) is 0 Å². The number of aromatic nitrogens is 1. The number of β-amino-alcohol motifs (C(OH)–C–C–N with tert-alkyl or cyclic N) is 1. The molecule has 1 amide bonds. The molecule has 1 aliphatic heterocycles. The third-order valence-electron chi connectivity index (χ3n) is 7.11. The molecule has 0 radical (unpaired) electrons. The Balaban J connectivity index is 1.43. The van der Waals surface area contributed by atoms with Crippen molar-refractivity contribution in [2.45, 2.75) is 13.0 Å². The number of methoxy groups -OCH3 is 1. The molecule has 210 valence electrons. The Hall–Kier alpha value is -3.86. The molecule has 0 unspecified atom stereocenters. The van der Waals surface area contributed by atoms with Crippen LogP contribution in [-0.4, -0.2) is 72.2 Å². The van der Waals surface area contributed by atoms with E-state index in [0.717, 1.165) is 18.7 Å². The van der Waals surface area contributed by atoms with Crippen LogP contribution in [-0.2, 0) is 0 Å². The fraction of sp³-hybridized carbons (Fsp3) is 0.310. The van der Waals surface area contributed by atoms with E-state index >= 15 is 0 Å². The minimum Gasteiger partial charge on any atom is -0.496 e. The first-order chi connectivity index (χ1) is 19.3. The number of aliphatic hydroxyl groups excluding tert-OH is 1. The molecule has 3 N–H and O–H groups in total. The van der Waals surface area contributed by atoms with Gasteiger partial charge in [0.15, 0.2) is 11.4 Å². The number of amides is 1. The summed E-state index contributed by atoms with van der Waals surface area (Å²) in [6.45, 7) is 5.05. The molecule has 3 heterocycles. The number of nitrogen functional groups attached to an aromatic ring is 1. The van der Waals surface area contributed by atoms with E-state index in [2.05, 4.69) is 9.88 Å². The number of pyridine rings is 1. The van der Waals surface area contributed by atoms with Crippen molar-refractivity contribution in [3.63, 3.8) is 0 Å². The van der Waals surface area contributed by atoms with Crippen LogP contribution in [0.15, 0.2) is 53.3 Å². The molecule has 9 nitrogen and oxygen atoms in total. The maximum atomic E-state index is 14.2. The van der Waals surface area contributed by atoms with E-state index in [4.69, 9.17) is 36.3 Å². The van der Waals surface area contributed by atoms with Gasteiger partial charge in [-0.3, -0.25) is 9.69 Å². The quantitative estimate of drug-likeness (QED) is 0.312. The minimum atomic E-state index is -0.750. The number of nitrogens with zero attached hydrogens (tertiary/aromatic N) is 3. The Bertz CT molecular complexity index is 1540. The molecule has 0 spiro atoms. The van der Waals surface area contributed by atoms with E-state index in [1.54, 1.807) is 25.5 Å². The van der Waals surface area contributed by atoms with Gasteiger partial charge in [0.25, 0.3) is 5.91 Å². The third-order valence-corrected chi connectivity index (χ3v) is 7.50. The number of aliphatic hydroxyl groups is 1. The number of hydrogen-bond acceptors (Lipinski definition) is 8. The van der Waals surface area contributed by atoms with Gasteiger partial charge in [0.2, 0.25) is 5.75 Å². The number of nitrogens with two attached hydrogens (primary N) is 1. The lowest BCUT2D eigenvalue weighted by Crippen LogP contribution is -2.49. The van der Waals surface area contributed by atoms with Crippen molar-refractivity contribution in [2.24, 2.45) is 0 Å². The molecule has 40 heavy (non-hydrogen) atoms. The molecular weight excluding hydrogens is 539 g/mol. The molecule has 1 fully saturated rings. The molecule has 11 heteroatoms. The topological polar surface area (TPSA) is 114 Å². The molecule has 1 atom stereocenters. The van der Waals surface area contributed by atoms with Crippen molar-refractivity contribution in [3.8, 4) is 22.6 Å². The SMILES string of the molecule is COc1ccc(F)c(Cl)c1[C@@H](C)Oc1c(N)ncc2c(-c3cccc(C(=O)N4CCN(CCO)CC4)c3)coc12. The van der Waals surface area contributed by atoms with Crippen LogP contribution in [0.3, 0.4) is 0 Å². The molecular formula is C29H30ClFN4O5. The zero-order chi connectivity index (χ0) is 28.4. The fourth-order valence-electron chi connectivity index (χ4n) is 4.98. The summed E-state index contributed by atoms with van der Waals surface area (Å²) in [5.41, 5.74) is 8.90. The van der Waals surface area contributed by atoms with Crippen LogP contribution in [0.2, 0.25) is 5.02 Å². The maximum absolute atomic E-state index is 14.2. The summed E-state index contributed by atoms with van der Waals surface area (Å²) in [6, 6.07) is 10.0. The highest BCUT2D eigenvalue weighted by molar-refractivity contribution is 6.31. The van der Waals surface area contributed by atoms with Gasteiger partial charge < -0.3 is 29.6 Å². The van der Waals surface area contributed by atoms with E-state index in [1.807, 2.05) is 23.1 Å². The van der Waals surface area contributed by atoms with Gasteiger partial charge in [-0.25, -0.2) is 9.37 Å². The molecule has 1 saturated heterocycles. The van der Waals surface area contributed by atoms with Gasteiger partial charge >= 0.3 is 0 Å². The zero-order valence-corrected chi connectivity index (χ0v) is 22.9. The number of carbonyl (C=O) groups excluding carboxylic acids is 1. The van der Waals surface area contributed by atoms with Gasteiger partial charge in [0.1, 0.15) is 17.7 Å². The van der Waals surface area contributed by atoms with Gasteiger partial charge in [0.05, 0.1) is 36.0 Å². The van der Waals surface area contributed by atoms with Crippen LogP contribution in [0.1, 0.15) is 28.9 Å². The second-order valence-corrected chi connectivity index (χ2v) is 9.92. The monoisotopic (exact) mass is 568 g/mol. The fourth-order valence-corrected chi connectivity index (χ4v) is 5.29. The Morgan fingerprint density at radius 1 is 1.25 bits per heavy atom. The van der Waals surface area contributed by atoms with E-state index in [-0.39, 0.29) is 29.1 Å². The van der Waals surface area contributed by atoms with Gasteiger partial charge in [-0.1, -0.05) is 23.7 Å². The van der Waals surface area contributed by atoms with E-state index in [9.17, 15) is 9.18 Å². The number of halogens is 2. The molecule has 5 rings (SSSR count). The summed E-state index contributed by atoms with van der Waals surface area (Å²) in [4.78, 5) is 21.5. The highest BCUT2D eigenvalue weighted by Gasteiger charge is 2.25. The summed E-state index contributed by atoms with van der Waals surface area (Å²) in [7, 11) is 1.46. The summed E-state index contributed by atoms with van der Waals surface area (Å²) in [5.74, 6) is -0.00457. The Kier molecular flexibility index (Phi) is 8.11. The van der Waals surface area contributed by atoms with Crippen LogP contribution in [0, 0.1) is 5.82 Å². The van der Waals surface area contributed by atoms with Crippen molar-refractivity contribution in [2.75, 3.05) is 52.2 Å².